The molecule has 2 N–H and O–H groups in total. The maximum Gasteiger partial charge on any atom is 0.213 e. The van der Waals surface area contributed by atoms with Gasteiger partial charge in [0.2, 0.25) is 5.88 Å². The highest BCUT2D eigenvalue weighted by Crippen LogP contribution is 2.24. The highest BCUT2D eigenvalue weighted by atomic mass is 16.5. The predicted octanol–water partition coefficient (Wildman–Crippen LogP) is 2.05. The number of likely N-dealkylation sites (tertiary alicyclic amines) is 1. The summed E-state index contributed by atoms with van der Waals surface area (Å²) in [6.45, 7) is 3.48. The fourth-order valence-corrected chi connectivity index (χ4v) is 3.56. The molecule has 2 aromatic rings. The molecule has 1 saturated heterocycles. The molecule has 0 amide bonds. The van der Waals surface area contributed by atoms with Gasteiger partial charge in [0, 0.05) is 57.6 Å². The molecular weight excluding hydrogens is 382 g/mol. The van der Waals surface area contributed by atoms with Gasteiger partial charge in [0.25, 0.3) is 0 Å². The number of methoxy groups -OCH3 is 3. The van der Waals surface area contributed by atoms with E-state index in [2.05, 4.69) is 37.6 Å². The summed E-state index contributed by atoms with van der Waals surface area (Å²) in [5.74, 6) is 3.03. The van der Waals surface area contributed by atoms with Crippen LogP contribution in [0.1, 0.15) is 17.5 Å². The van der Waals surface area contributed by atoms with Gasteiger partial charge < -0.3 is 24.8 Å². The number of rotatable bonds is 8. The zero-order valence-corrected chi connectivity index (χ0v) is 18.1. The molecule has 162 valence electrons. The number of guanidine groups is 1. The Hall–Kier alpha value is -3.00. The second-order valence-corrected chi connectivity index (χ2v) is 7.22. The number of aromatic nitrogens is 1. The monoisotopic (exact) mass is 413 g/mol. The van der Waals surface area contributed by atoms with Gasteiger partial charge in [-0.15, -0.1) is 0 Å². The van der Waals surface area contributed by atoms with Crippen LogP contribution in [0.2, 0.25) is 0 Å². The van der Waals surface area contributed by atoms with Crippen molar-refractivity contribution in [1.29, 1.82) is 0 Å². The quantitative estimate of drug-likeness (QED) is 0.506. The molecule has 1 atom stereocenters. The van der Waals surface area contributed by atoms with Crippen molar-refractivity contribution in [3.8, 4) is 17.4 Å². The molecule has 1 aromatic heterocycles. The van der Waals surface area contributed by atoms with E-state index in [-0.39, 0.29) is 0 Å². The number of hydrogen-bond donors (Lipinski definition) is 2. The third kappa shape index (κ3) is 6.00. The van der Waals surface area contributed by atoms with Crippen LogP contribution in [0.3, 0.4) is 0 Å². The summed E-state index contributed by atoms with van der Waals surface area (Å²) in [6, 6.07) is 10.2. The molecule has 0 spiro atoms. The number of nitrogens with zero attached hydrogens (tertiary/aromatic N) is 3. The van der Waals surface area contributed by atoms with E-state index in [1.165, 1.54) is 5.56 Å². The molecule has 1 aliphatic rings. The lowest BCUT2D eigenvalue weighted by Gasteiger charge is -2.19. The van der Waals surface area contributed by atoms with Crippen LogP contribution in [0.4, 0.5) is 0 Å². The molecule has 0 radical (unpaired) electrons. The van der Waals surface area contributed by atoms with Gasteiger partial charge in [-0.25, -0.2) is 4.98 Å². The SMILES string of the molecule is CN=C(NCc1ccnc(OC)c1)NC1CCN(Cc2cc(OC)cc(OC)c2)C1. The van der Waals surface area contributed by atoms with Crippen LogP contribution >= 0.6 is 0 Å². The number of nitrogens with one attached hydrogen (secondary N) is 2. The van der Waals surface area contributed by atoms with E-state index in [9.17, 15) is 0 Å². The average Bonchev–Trinajstić information content (AvgIpc) is 3.22. The van der Waals surface area contributed by atoms with E-state index in [0.29, 0.717) is 18.5 Å². The number of hydrogen-bond acceptors (Lipinski definition) is 6. The Balaban J connectivity index is 1.51. The Labute approximate surface area is 178 Å². The van der Waals surface area contributed by atoms with Crippen LogP contribution in [0.25, 0.3) is 0 Å². The van der Waals surface area contributed by atoms with E-state index < -0.39 is 0 Å². The van der Waals surface area contributed by atoms with Crippen molar-refractivity contribution < 1.29 is 14.2 Å². The number of aliphatic imine (C=N–C) groups is 1. The first-order valence-electron chi connectivity index (χ1n) is 10.0. The Bertz CT molecular complexity index is 836. The second kappa shape index (κ2) is 10.7. The van der Waals surface area contributed by atoms with Crippen LogP contribution in [0.5, 0.6) is 17.4 Å². The van der Waals surface area contributed by atoms with E-state index in [0.717, 1.165) is 49.1 Å². The van der Waals surface area contributed by atoms with Crippen molar-refractivity contribution in [2.24, 2.45) is 4.99 Å². The van der Waals surface area contributed by atoms with Gasteiger partial charge in [0.15, 0.2) is 5.96 Å². The van der Waals surface area contributed by atoms with Gasteiger partial charge in [-0.3, -0.25) is 9.89 Å². The number of ether oxygens (including phenoxy) is 3. The molecule has 8 heteroatoms. The standard InChI is InChI=1S/C22H31N5O3/c1-23-22(25-13-16-5-7-24-21(11-16)30-4)26-18-6-8-27(15-18)14-17-9-19(28-2)12-20(10-17)29-3/h5,7,9-12,18H,6,8,13-15H2,1-4H3,(H2,23,25,26). The summed E-state index contributed by atoms with van der Waals surface area (Å²) < 4.78 is 15.9. The molecular formula is C22H31N5O3. The van der Waals surface area contributed by atoms with Gasteiger partial charge >= 0.3 is 0 Å². The number of pyridine rings is 1. The van der Waals surface area contributed by atoms with E-state index in [1.807, 2.05) is 18.2 Å². The molecule has 8 nitrogen and oxygen atoms in total. The summed E-state index contributed by atoms with van der Waals surface area (Å²) in [5, 5.41) is 6.89. The van der Waals surface area contributed by atoms with Gasteiger partial charge in [0.1, 0.15) is 11.5 Å². The van der Waals surface area contributed by atoms with Crippen LogP contribution in [0, 0.1) is 0 Å². The molecule has 1 aliphatic heterocycles. The first-order valence-corrected chi connectivity index (χ1v) is 10.0. The van der Waals surface area contributed by atoms with Crippen molar-refractivity contribution in [3.05, 3.63) is 47.7 Å². The van der Waals surface area contributed by atoms with Crippen LogP contribution in [-0.2, 0) is 13.1 Å². The summed E-state index contributed by atoms with van der Waals surface area (Å²) in [6.07, 6.45) is 2.80. The lowest BCUT2D eigenvalue weighted by molar-refractivity contribution is 0.321. The fourth-order valence-electron chi connectivity index (χ4n) is 3.56. The van der Waals surface area contributed by atoms with Gasteiger partial charge in [0.05, 0.1) is 21.3 Å². The highest BCUT2D eigenvalue weighted by Gasteiger charge is 2.23. The minimum absolute atomic E-state index is 0.343. The third-order valence-electron chi connectivity index (χ3n) is 5.12. The maximum atomic E-state index is 5.38. The van der Waals surface area contributed by atoms with Crippen molar-refractivity contribution in [3.63, 3.8) is 0 Å². The normalized spacial score (nSPS) is 16.9. The average molecular weight is 414 g/mol. The first kappa shape index (κ1) is 21.7. The second-order valence-electron chi connectivity index (χ2n) is 7.22. The van der Waals surface area contributed by atoms with Crippen LogP contribution < -0.4 is 24.8 Å². The Kier molecular flexibility index (Phi) is 7.73. The molecule has 0 saturated carbocycles. The Morgan fingerprint density at radius 1 is 1.10 bits per heavy atom. The van der Waals surface area contributed by atoms with Crippen molar-refractivity contribution in [2.45, 2.75) is 25.6 Å². The molecule has 0 bridgehead atoms. The van der Waals surface area contributed by atoms with Crippen molar-refractivity contribution in [1.82, 2.24) is 20.5 Å². The number of benzene rings is 1. The molecule has 1 unspecified atom stereocenters. The summed E-state index contributed by atoms with van der Waals surface area (Å²) in [4.78, 5) is 10.9. The zero-order valence-electron chi connectivity index (χ0n) is 18.1. The lowest BCUT2D eigenvalue weighted by atomic mass is 10.2. The molecule has 1 fully saturated rings. The minimum Gasteiger partial charge on any atom is -0.497 e. The van der Waals surface area contributed by atoms with Gasteiger partial charge in [-0.1, -0.05) is 0 Å². The topological polar surface area (TPSA) is 80.2 Å². The molecule has 2 heterocycles. The van der Waals surface area contributed by atoms with E-state index in [4.69, 9.17) is 14.2 Å². The predicted molar refractivity (Wildman–Crippen MR) is 117 cm³/mol. The maximum absolute atomic E-state index is 5.38. The van der Waals surface area contributed by atoms with Crippen LogP contribution in [0.15, 0.2) is 41.5 Å². The van der Waals surface area contributed by atoms with Crippen LogP contribution in [-0.4, -0.2) is 63.4 Å². The lowest BCUT2D eigenvalue weighted by Crippen LogP contribution is -2.44. The first-order chi connectivity index (χ1) is 14.6. The third-order valence-corrected chi connectivity index (χ3v) is 5.12. The smallest absolute Gasteiger partial charge is 0.213 e. The van der Waals surface area contributed by atoms with Crippen molar-refractivity contribution in [2.75, 3.05) is 41.5 Å². The minimum atomic E-state index is 0.343. The Morgan fingerprint density at radius 2 is 1.87 bits per heavy atom. The molecule has 30 heavy (non-hydrogen) atoms. The van der Waals surface area contributed by atoms with E-state index in [1.54, 1.807) is 34.6 Å². The van der Waals surface area contributed by atoms with Gasteiger partial charge in [-0.05, 0) is 35.7 Å². The fraction of sp³-hybridized carbons (Fsp3) is 0.455. The molecule has 3 rings (SSSR count). The summed E-state index contributed by atoms with van der Waals surface area (Å²) in [7, 11) is 6.76. The van der Waals surface area contributed by atoms with Gasteiger partial charge in [-0.2, -0.15) is 0 Å². The summed E-state index contributed by atoms with van der Waals surface area (Å²) >= 11 is 0. The molecule has 0 aliphatic carbocycles. The molecule has 1 aromatic carbocycles. The highest BCUT2D eigenvalue weighted by molar-refractivity contribution is 5.80. The van der Waals surface area contributed by atoms with Crippen molar-refractivity contribution >= 4 is 5.96 Å². The Morgan fingerprint density at radius 3 is 2.53 bits per heavy atom. The van der Waals surface area contributed by atoms with E-state index >= 15 is 0 Å². The summed E-state index contributed by atoms with van der Waals surface area (Å²) in [5.41, 5.74) is 2.27. The largest absolute Gasteiger partial charge is 0.497 e. The zero-order chi connectivity index (χ0) is 21.3.